The molecule has 1 atom stereocenters. The van der Waals surface area contributed by atoms with E-state index in [1.54, 1.807) is 6.33 Å². The molecule has 1 unspecified atom stereocenters. The van der Waals surface area contributed by atoms with Crippen LogP contribution in [0.1, 0.15) is 86.1 Å². The Kier molecular flexibility index (Phi) is 10.6. The molecule has 2 aromatic heterocycles. The van der Waals surface area contributed by atoms with Crippen LogP contribution in [0.4, 0.5) is 4.79 Å². The molecule has 0 spiro atoms. The van der Waals surface area contributed by atoms with Gasteiger partial charge in [-0.3, -0.25) is 14.9 Å². The fourth-order valence-corrected chi connectivity index (χ4v) is 7.02. The number of carbonyl (C=O) groups excluding carboxylic acids is 3. The predicted molar refractivity (Wildman–Crippen MR) is 193 cm³/mol. The van der Waals surface area contributed by atoms with Crippen molar-refractivity contribution >= 4 is 23.4 Å². The quantitative estimate of drug-likeness (QED) is 0.209. The smallest absolute Gasteiger partial charge is 0.407 e. The Morgan fingerprint density at radius 3 is 2.48 bits per heavy atom. The number of nitrogens with zero attached hydrogens (tertiary/aromatic N) is 5. The predicted octanol–water partition coefficient (Wildman–Crippen LogP) is 5.56. The van der Waals surface area contributed by atoms with Gasteiger partial charge in [0, 0.05) is 44.4 Å². The number of ether oxygens (including phenoxy) is 1. The lowest BCUT2D eigenvalue weighted by atomic mass is 9.86. The molecule has 2 fully saturated rings. The fraction of sp³-hybridized carbons (Fsp3) is 0.462. The minimum absolute atomic E-state index is 0.175. The minimum Gasteiger partial charge on any atom is -0.444 e. The van der Waals surface area contributed by atoms with Crippen LogP contribution in [0.3, 0.4) is 0 Å². The standard InChI is InChI=1S/C39H49N7O4/c1-26-20-31(10-11-32(26)22-40-38(49)50-39(2,3)4)36-34-21-27(24-46(34)42-25-41-36)23-44(5)18-19-45-16-14-29(15-17-45)28-6-8-30(9-7-28)33-12-13-35(47)43-37(33)48/h6-11,20-21,24-25,29,33H,12-19,22-23H2,1-5H3,(H,40,49)(H,43,47,48). The molecule has 264 valence electrons. The highest BCUT2D eigenvalue weighted by molar-refractivity contribution is 6.00. The zero-order valence-electron chi connectivity index (χ0n) is 29.9. The Balaban J connectivity index is 0.988. The number of amides is 3. The molecule has 0 bridgehead atoms. The molecule has 6 rings (SSSR count). The Hall–Kier alpha value is -4.61. The molecule has 3 amide bonds. The van der Waals surface area contributed by atoms with E-state index >= 15 is 0 Å². The number of hydrogen-bond acceptors (Lipinski definition) is 8. The largest absolute Gasteiger partial charge is 0.444 e. The number of aromatic nitrogens is 3. The number of fused-ring (bicyclic) bond motifs is 1. The van der Waals surface area contributed by atoms with E-state index in [1.807, 2.05) is 44.3 Å². The number of benzene rings is 2. The molecular weight excluding hydrogens is 630 g/mol. The van der Waals surface area contributed by atoms with Crippen molar-refractivity contribution in [2.75, 3.05) is 33.2 Å². The van der Waals surface area contributed by atoms with Gasteiger partial charge in [0.05, 0.1) is 17.1 Å². The van der Waals surface area contributed by atoms with Gasteiger partial charge in [0.25, 0.3) is 0 Å². The zero-order valence-corrected chi connectivity index (χ0v) is 29.9. The first-order valence-corrected chi connectivity index (χ1v) is 17.7. The van der Waals surface area contributed by atoms with E-state index < -0.39 is 11.7 Å². The Bertz CT molecular complexity index is 1840. The highest BCUT2D eigenvalue weighted by Crippen LogP contribution is 2.31. The van der Waals surface area contributed by atoms with Gasteiger partial charge in [0.2, 0.25) is 11.8 Å². The van der Waals surface area contributed by atoms with Gasteiger partial charge in [-0.1, -0.05) is 36.4 Å². The molecule has 4 aromatic rings. The van der Waals surface area contributed by atoms with E-state index in [2.05, 4.69) is 80.2 Å². The van der Waals surface area contributed by atoms with Crippen molar-refractivity contribution in [3.8, 4) is 11.3 Å². The maximum Gasteiger partial charge on any atom is 0.407 e. The van der Waals surface area contributed by atoms with Crippen LogP contribution in [0.15, 0.2) is 61.1 Å². The van der Waals surface area contributed by atoms with Crippen LogP contribution in [0.25, 0.3) is 16.8 Å². The lowest BCUT2D eigenvalue weighted by Crippen LogP contribution is -2.39. The molecule has 0 saturated carbocycles. The molecule has 11 heteroatoms. The second-order valence-electron chi connectivity index (χ2n) is 14.8. The van der Waals surface area contributed by atoms with Gasteiger partial charge in [0.1, 0.15) is 11.9 Å². The van der Waals surface area contributed by atoms with Crippen LogP contribution < -0.4 is 10.6 Å². The molecule has 2 aliphatic heterocycles. The molecule has 11 nitrogen and oxygen atoms in total. The van der Waals surface area contributed by atoms with E-state index in [0.717, 1.165) is 79.0 Å². The molecule has 0 radical (unpaired) electrons. The van der Waals surface area contributed by atoms with Crippen molar-refractivity contribution in [1.29, 1.82) is 0 Å². The number of rotatable bonds is 10. The highest BCUT2D eigenvalue weighted by Gasteiger charge is 2.28. The summed E-state index contributed by atoms with van der Waals surface area (Å²) >= 11 is 0. The SMILES string of the molecule is Cc1cc(-c2ncnn3cc(CN(C)CCN4CCC(c5ccc(C6CCC(=O)NC6=O)cc5)CC4)cc23)ccc1CNC(=O)OC(C)(C)C. The summed E-state index contributed by atoms with van der Waals surface area (Å²) in [5.74, 6) is -0.0608. The Morgan fingerprint density at radius 1 is 1.04 bits per heavy atom. The molecule has 2 saturated heterocycles. The Morgan fingerprint density at radius 2 is 1.78 bits per heavy atom. The first-order valence-electron chi connectivity index (χ1n) is 17.7. The zero-order chi connectivity index (χ0) is 35.4. The maximum absolute atomic E-state index is 12.3. The van der Waals surface area contributed by atoms with Gasteiger partial charge in [-0.25, -0.2) is 14.3 Å². The van der Waals surface area contributed by atoms with Gasteiger partial charge in [0.15, 0.2) is 0 Å². The molecule has 2 N–H and O–H groups in total. The summed E-state index contributed by atoms with van der Waals surface area (Å²) in [6.45, 7) is 12.9. The summed E-state index contributed by atoms with van der Waals surface area (Å²) in [6, 6.07) is 16.8. The first-order chi connectivity index (χ1) is 23.9. The topological polar surface area (TPSA) is 121 Å². The number of imide groups is 1. The molecule has 4 heterocycles. The van der Waals surface area contributed by atoms with Crippen molar-refractivity contribution in [2.45, 2.75) is 83.9 Å². The molecule has 2 aliphatic rings. The average Bonchev–Trinajstić information content (AvgIpc) is 3.49. The number of nitrogens with one attached hydrogen (secondary N) is 2. The third-order valence-electron chi connectivity index (χ3n) is 9.79. The lowest BCUT2D eigenvalue weighted by Gasteiger charge is -2.33. The summed E-state index contributed by atoms with van der Waals surface area (Å²) < 4.78 is 7.27. The van der Waals surface area contributed by atoms with Crippen molar-refractivity contribution in [3.05, 3.63) is 88.9 Å². The highest BCUT2D eigenvalue weighted by atomic mass is 16.6. The van der Waals surface area contributed by atoms with Crippen LogP contribution in [-0.2, 0) is 27.4 Å². The molecule has 0 aliphatic carbocycles. The normalized spacial score (nSPS) is 17.7. The van der Waals surface area contributed by atoms with Crippen molar-refractivity contribution in [1.82, 2.24) is 35.0 Å². The van der Waals surface area contributed by atoms with Gasteiger partial charge >= 0.3 is 6.09 Å². The van der Waals surface area contributed by atoms with Crippen LogP contribution in [0.5, 0.6) is 0 Å². The number of likely N-dealkylation sites (N-methyl/N-ethyl adjacent to an activating group) is 1. The van der Waals surface area contributed by atoms with Gasteiger partial charge in [-0.05, 0) is 113 Å². The number of hydrogen-bond donors (Lipinski definition) is 2. The second kappa shape index (κ2) is 15.1. The summed E-state index contributed by atoms with van der Waals surface area (Å²) in [6.07, 6.45) is 6.48. The van der Waals surface area contributed by atoms with Gasteiger partial charge in [-0.2, -0.15) is 5.10 Å². The van der Waals surface area contributed by atoms with Crippen molar-refractivity contribution < 1.29 is 19.1 Å². The fourth-order valence-electron chi connectivity index (χ4n) is 7.02. The van der Waals surface area contributed by atoms with E-state index in [1.165, 1.54) is 11.1 Å². The van der Waals surface area contributed by atoms with E-state index in [-0.39, 0.29) is 17.7 Å². The number of aryl methyl sites for hydroxylation is 1. The van der Waals surface area contributed by atoms with E-state index in [0.29, 0.717) is 25.3 Å². The monoisotopic (exact) mass is 679 g/mol. The van der Waals surface area contributed by atoms with E-state index in [9.17, 15) is 14.4 Å². The maximum atomic E-state index is 12.3. The molecule has 2 aromatic carbocycles. The number of likely N-dealkylation sites (tertiary alicyclic amines) is 1. The van der Waals surface area contributed by atoms with Crippen LogP contribution in [0.2, 0.25) is 0 Å². The van der Waals surface area contributed by atoms with Crippen molar-refractivity contribution in [3.63, 3.8) is 0 Å². The number of alkyl carbamates (subject to hydrolysis) is 1. The number of piperidine rings is 2. The van der Waals surface area contributed by atoms with Crippen LogP contribution in [-0.4, -0.2) is 81.1 Å². The van der Waals surface area contributed by atoms with E-state index in [4.69, 9.17) is 4.74 Å². The van der Waals surface area contributed by atoms with Gasteiger partial charge < -0.3 is 19.9 Å². The summed E-state index contributed by atoms with van der Waals surface area (Å²) in [5.41, 5.74) is 7.89. The van der Waals surface area contributed by atoms with Crippen LogP contribution >= 0.6 is 0 Å². The lowest BCUT2D eigenvalue weighted by molar-refractivity contribution is -0.134. The molecule has 50 heavy (non-hydrogen) atoms. The summed E-state index contributed by atoms with van der Waals surface area (Å²) in [4.78, 5) is 45.5. The second-order valence-corrected chi connectivity index (χ2v) is 14.8. The van der Waals surface area contributed by atoms with Crippen LogP contribution in [0, 0.1) is 6.92 Å². The number of carbonyl (C=O) groups is 3. The average molecular weight is 680 g/mol. The Labute approximate surface area is 294 Å². The summed E-state index contributed by atoms with van der Waals surface area (Å²) in [5, 5.41) is 9.80. The minimum atomic E-state index is -0.538. The molecular formula is C39H49N7O4. The third kappa shape index (κ3) is 8.75. The van der Waals surface area contributed by atoms with Gasteiger partial charge in [-0.15, -0.1) is 0 Å². The first kappa shape index (κ1) is 35.2. The third-order valence-corrected chi connectivity index (χ3v) is 9.79. The summed E-state index contributed by atoms with van der Waals surface area (Å²) in [7, 11) is 2.17. The van der Waals surface area contributed by atoms with Crippen molar-refractivity contribution in [2.24, 2.45) is 0 Å².